The van der Waals surface area contributed by atoms with Gasteiger partial charge in [0.05, 0.1) is 28.6 Å². The van der Waals surface area contributed by atoms with Gasteiger partial charge < -0.3 is 15.0 Å². The Kier molecular flexibility index (Phi) is 8.82. The van der Waals surface area contributed by atoms with Crippen LogP contribution in [0, 0.1) is 6.92 Å². The Hall–Kier alpha value is -3.59. The number of rotatable bonds is 7. The third kappa shape index (κ3) is 6.05. The number of carbonyl (C=O) groups excluding carboxylic acids is 1. The number of thiazole rings is 1. The number of nitrogens with zero attached hydrogens (tertiary/aromatic N) is 3. The fourth-order valence-electron chi connectivity index (χ4n) is 5.36. The molecule has 1 aliphatic carbocycles. The Bertz CT molecular complexity index is 1580. The summed E-state index contributed by atoms with van der Waals surface area (Å²) in [4.78, 5) is 35.5. The van der Waals surface area contributed by atoms with E-state index in [1.54, 1.807) is 17.7 Å². The lowest BCUT2D eigenvalue weighted by molar-refractivity contribution is 0.0735. The molecule has 2 aromatic heterocycles. The van der Waals surface area contributed by atoms with Crippen molar-refractivity contribution in [3.8, 4) is 21.8 Å². The lowest BCUT2D eigenvalue weighted by Crippen LogP contribution is -2.47. The van der Waals surface area contributed by atoms with Crippen LogP contribution in [-0.4, -0.2) is 59.8 Å². The molecule has 0 spiro atoms. The fourth-order valence-corrected chi connectivity index (χ4v) is 6.20. The number of carbonyl (C=O) groups is 1. The Morgan fingerprint density at radius 3 is 2.59 bits per heavy atom. The normalized spacial score (nSPS) is 17.2. The second-order valence-electron chi connectivity index (χ2n) is 10.8. The van der Waals surface area contributed by atoms with Crippen LogP contribution in [-0.2, 0) is 4.74 Å². The fraction of sp³-hybridized carbons (Fsp3) is 0.364. The predicted octanol–water partition coefficient (Wildman–Crippen LogP) is 6.01. The molecule has 0 unspecified atom stereocenters. The first-order valence-corrected chi connectivity index (χ1v) is 15.1. The van der Waals surface area contributed by atoms with Crippen LogP contribution in [0.25, 0.3) is 33.6 Å². The van der Waals surface area contributed by atoms with Crippen molar-refractivity contribution in [3.63, 3.8) is 0 Å². The van der Waals surface area contributed by atoms with Crippen LogP contribution < -0.4 is 10.9 Å². The highest BCUT2D eigenvalue weighted by molar-refractivity contribution is 7.13. The second-order valence-corrected chi connectivity index (χ2v) is 11.7. The number of pyridine rings is 1. The van der Waals surface area contributed by atoms with Crippen molar-refractivity contribution in [1.82, 2.24) is 19.8 Å². The van der Waals surface area contributed by atoms with Gasteiger partial charge in [-0.25, -0.2) is 4.98 Å². The van der Waals surface area contributed by atoms with Crippen LogP contribution in [0.15, 0.2) is 63.8 Å². The topological polar surface area (TPSA) is 76.5 Å². The lowest BCUT2D eigenvalue weighted by atomic mass is 9.97. The summed E-state index contributed by atoms with van der Waals surface area (Å²) in [5.74, 6) is -0.0717. The first kappa shape index (κ1) is 28.9. The number of amides is 1. The molecule has 3 aromatic rings. The molecule has 3 heterocycles. The molecule has 5 rings (SSSR count). The minimum atomic E-state index is -0.176. The molecule has 1 saturated heterocycles. The smallest absolute Gasteiger partial charge is 0.265 e. The van der Waals surface area contributed by atoms with E-state index in [9.17, 15) is 9.59 Å². The summed E-state index contributed by atoms with van der Waals surface area (Å²) < 4.78 is 7.46. The van der Waals surface area contributed by atoms with Crippen molar-refractivity contribution < 1.29 is 9.53 Å². The monoisotopic (exact) mass is 570 g/mol. The van der Waals surface area contributed by atoms with Gasteiger partial charge in [-0.1, -0.05) is 54.5 Å². The Labute approximate surface area is 245 Å². The van der Waals surface area contributed by atoms with E-state index in [4.69, 9.17) is 9.72 Å². The number of allylic oxidation sites excluding steroid dienone is 3. The van der Waals surface area contributed by atoms with Gasteiger partial charge in [0.2, 0.25) is 0 Å². The van der Waals surface area contributed by atoms with E-state index in [1.165, 1.54) is 16.9 Å². The maximum atomic E-state index is 14.5. The molecular formula is C33H38N4O3S. The van der Waals surface area contributed by atoms with E-state index >= 15 is 0 Å². The van der Waals surface area contributed by atoms with Gasteiger partial charge in [0.15, 0.2) is 0 Å². The number of ether oxygens (including phenoxy) is 1. The molecule has 8 heteroatoms. The van der Waals surface area contributed by atoms with E-state index < -0.39 is 0 Å². The third-order valence-electron chi connectivity index (χ3n) is 7.61. The van der Waals surface area contributed by atoms with Gasteiger partial charge in [-0.3, -0.25) is 14.2 Å². The van der Waals surface area contributed by atoms with Crippen molar-refractivity contribution in [2.75, 3.05) is 33.3 Å². The van der Waals surface area contributed by atoms with E-state index in [-0.39, 0.29) is 17.6 Å². The van der Waals surface area contributed by atoms with Crippen LogP contribution >= 0.6 is 11.3 Å². The van der Waals surface area contributed by atoms with Gasteiger partial charge in [0, 0.05) is 56.4 Å². The summed E-state index contributed by atoms with van der Waals surface area (Å²) in [7, 11) is 1.68. The van der Waals surface area contributed by atoms with Crippen molar-refractivity contribution in [2.24, 2.45) is 0 Å². The zero-order valence-electron chi connectivity index (χ0n) is 24.5. The van der Waals surface area contributed by atoms with Gasteiger partial charge in [0.25, 0.3) is 11.5 Å². The molecule has 0 saturated carbocycles. The molecule has 1 atom stereocenters. The van der Waals surface area contributed by atoms with Crippen molar-refractivity contribution in [2.45, 2.75) is 46.6 Å². The SMILES string of the molecule is CCC1=C(n2c(C=C(C)C)c(C(=O)N3CCNCC3)cc(-c3nc(-c4ccc(C)cc4)cs3)c2=O)C[C@@H](OC)C=C1. The Balaban J connectivity index is 1.77. The highest BCUT2D eigenvalue weighted by Crippen LogP contribution is 2.33. The van der Waals surface area contributed by atoms with Crippen LogP contribution in [0.5, 0.6) is 0 Å². The first-order chi connectivity index (χ1) is 19.8. The zero-order valence-corrected chi connectivity index (χ0v) is 25.3. The van der Waals surface area contributed by atoms with Crippen molar-refractivity contribution >= 4 is 29.0 Å². The standard InChI is InChI=1S/C33H38N4O3S/c1-6-23-11-12-25(40-5)18-29(23)37-30(17-21(2)3)26(32(38)36-15-13-34-14-16-36)19-27(33(37)39)31-35-28(20-41-31)24-9-7-22(4)8-10-24/h7-12,17,19-20,25,34H,6,13-16,18H2,1-5H3/t25-/m0/s1. The number of aryl methyl sites for hydroxylation is 1. The van der Waals surface area contributed by atoms with E-state index in [0.29, 0.717) is 41.3 Å². The maximum Gasteiger partial charge on any atom is 0.265 e. The van der Waals surface area contributed by atoms with Gasteiger partial charge in [-0.05, 0) is 44.9 Å². The van der Waals surface area contributed by atoms with E-state index in [0.717, 1.165) is 47.6 Å². The number of hydrogen-bond donors (Lipinski definition) is 1. The molecule has 2 aliphatic rings. The lowest BCUT2D eigenvalue weighted by Gasteiger charge is -2.30. The van der Waals surface area contributed by atoms with Crippen molar-refractivity contribution in [3.05, 3.63) is 86.2 Å². The van der Waals surface area contributed by atoms with Gasteiger partial charge in [0.1, 0.15) is 5.01 Å². The summed E-state index contributed by atoms with van der Waals surface area (Å²) in [6.45, 7) is 10.8. The number of methoxy groups -OCH3 is 1. The molecule has 1 amide bonds. The zero-order chi connectivity index (χ0) is 29.1. The molecule has 7 nitrogen and oxygen atoms in total. The van der Waals surface area contributed by atoms with Gasteiger partial charge in [-0.2, -0.15) is 0 Å². The van der Waals surface area contributed by atoms with E-state index in [2.05, 4.69) is 37.4 Å². The average Bonchev–Trinajstić information content (AvgIpc) is 3.47. The third-order valence-corrected chi connectivity index (χ3v) is 8.49. The minimum absolute atomic E-state index is 0.0717. The number of aromatic nitrogens is 2. The molecule has 1 fully saturated rings. The Morgan fingerprint density at radius 2 is 1.93 bits per heavy atom. The van der Waals surface area contributed by atoms with Crippen LogP contribution in [0.2, 0.25) is 0 Å². The average molecular weight is 571 g/mol. The van der Waals surface area contributed by atoms with Crippen LogP contribution in [0.3, 0.4) is 0 Å². The predicted molar refractivity (Wildman–Crippen MR) is 168 cm³/mol. The first-order valence-electron chi connectivity index (χ1n) is 14.2. The molecule has 0 radical (unpaired) electrons. The van der Waals surface area contributed by atoms with E-state index in [1.807, 2.05) is 48.4 Å². The number of hydrogen-bond acceptors (Lipinski definition) is 6. The highest BCUT2D eigenvalue weighted by Gasteiger charge is 2.28. The summed E-state index contributed by atoms with van der Waals surface area (Å²) >= 11 is 1.43. The molecule has 1 aliphatic heterocycles. The molecular weight excluding hydrogens is 532 g/mol. The largest absolute Gasteiger partial charge is 0.377 e. The maximum absolute atomic E-state index is 14.5. The molecule has 1 N–H and O–H groups in total. The molecule has 1 aromatic carbocycles. The van der Waals surface area contributed by atoms with Crippen molar-refractivity contribution in [1.29, 1.82) is 0 Å². The highest BCUT2D eigenvalue weighted by atomic mass is 32.1. The molecule has 41 heavy (non-hydrogen) atoms. The number of nitrogens with one attached hydrogen (secondary N) is 1. The van der Waals surface area contributed by atoms with Crippen LogP contribution in [0.1, 0.15) is 55.2 Å². The Morgan fingerprint density at radius 1 is 1.20 bits per heavy atom. The summed E-state index contributed by atoms with van der Waals surface area (Å²) in [5, 5.41) is 5.91. The summed E-state index contributed by atoms with van der Waals surface area (Å²) in [5.41, 5.74) is 7.30. The summed E-state index contributed by atoms with van der Waals surface area (Å²) in [6.07, 6.45) is 7.19. The summed E-state index contributed by atoms with van der Waals surface area (Å²) in [6, 6.07) is 9.97. The number of benzene rings is 1. The minimum Gasteiger partial charge on any atom is -0.377 e. The van der Waals surface area contributed by atoms with Gasteiger partial charge in [-0.15, -0.1) is 11.3 Å². The van der Waals surface area contributed by atoms with Gasteiger partial charge >= 0.3 is 0 Å². The van der Waals surface area contributed by atoms with Crippen LogP contribution in [0.4, 0.5) is 0 Å². The molecule has 0 bridgehead atoms. The molecule has 214 valence electrons. The second kappa shape index (κ2) is 12.5. The quantitative estimate of drug-likeness (QED) is 0.376. The number of piperazine rings is 1.